The van der Waals surface area contributed by atoms with E-state index in [-0.39, 0.29) is 35.7 Å². The number of phenols is 1. The van der Waals surface area contributed by atoms with Crippen molar-refractivity contribution in [2.45, 2.75) is 57.2 Å². The number of hydrogen-bond acceptors (Lipinski definition) is 6. The Morgan fingerprint density at radius 2 is 1.71 bits per heavy atom. The summed E-state index contributed by atoms with van der Waals surface area (Å²) in [7, 11) is 1.68. The second-order valence-corrected chi connectivity index (χ2v) is 9.18. The Morgan fingerprint density at radius 3 is 2.44 bits per heavy atom. The number of likely N-dealkylation sites (tertiary alicyclic amines) is 1. The molecular formula is C27H37N3O4. The summed E-state index contributed by atoms with van der Waals surface area (Å²) >= 11 is 0. The summed E-state index contributed by atoms with van der Waals surface area (Å²) in [5, 5.41) is 10.5. The zero-order valence-corrected chi connectivity index (χ0v) is 20.2. The lowest BCUT2D eigenvalue weighted by atomic mass is 9.83. The number of nitrogens with one attached hydrogen (secondary N) is 2. The van der Waals surface area contributed by atoms with Gasteiger partial charge < -0.3 is 19.5 Å². The molecule has 4 atom stereocenters. The molecule has 0 saturated carbocycles. The van der Waals surface area contributed by atoms with E-state index in [2.05, 4.69) is 29.9 Å². The minimum Gasteiger partial charge on any atom is -0.508 e. The van der Waals surface area contributed by atoms with Gasteiger partial charge in [0.05, 0.1) is 18.7 Å². The Labute approximate surface area is 202 Å². The van der Waals surface area contributed by atoms with Crippen LogP contribution in [0.2, 0.25) is 0 Å². The van der Waals surface area contributed by atoms with E-state index in [9.17, 15) is 9.90 Å². The van der Waals surface area contributed by atoms with Crippen molar-refractivity contribution in [3.63, 3.8) is 0 Å². The van der Waals surface area contributed by atoms with Crippen molar-refractivity contribution in [3.8, 4) is 11.5 Å². The molecule has 3 N–H and O–H groups in total. The first-order chi connectivity index (χ1) is 16.7. The largest absolute Gasteiger partial charge is 0.508 e. The third-order valence-corrected chi connectivity index (χ3v) is 6.92. The number of phenolic OH excluding ortho intramolecular Hbond substituents is 1. The first-order valence-electron chi connectivity index (χ1n) is 12.5. The van der Waals surface area contributed by atoms with Gasteiger partial charge in [-0.3, -0.25) is 4.79 Å². The lowest BCUT2D eigenvalue weighted by Gasteiger charge is -2.31. The van der Waals surface area contributed by atoms with Gasteiger partial charge in [0.15, 0.2) is 0 Å². The van der Waals surface area contributed by atoms with Gasteiger partial charge in [0.2, 0.25) is 5.91 Å². The van der Waals surface area contributed by atoms with Crippen molar-refractivity contribution in [2.75, 3.05) is 26.9 Å². The Bertz CT molecular complexity index is 936. The van der Waals surface area contributed by atoms with Crippen molar-refractivity contribution in [2.24, 2.45) is 5.92 Å². The normalized spacial score (nSPS) is 23.9. The molecule has 4 rings (SSSR count). The average Bonchev–Trinajstić information content (AvgIpc) is 3.39. The number of aromatic hydroxyl groups is 1. The van der Waals surface area contributed by atoms with Crippen LogP contribution in [0.1, 0.15) is 62.2 Å². The van der Waals surface area contributed by atoms with Crippen LogP contribution in [-0.2, 0) is 9.53 Å². The van der Waals surface area contributed by atoms with Gasteiger partial charge in [-0.2, -0.15) is 0 Å². The molecule has 0 bridgehead atoms. The average molecular weight is 468 g/mol. The van der Waals surface area contributed by atoms with Gasteiger partial charge in [-0.15, -0.1) is 0 Å². The van der Waals surface area contributed by atoms with E-state index in [1.807, 2.05) is 35.2 Å². The molecule has 2 aliphatic rings. The maximum absolute atomic E-state index is 13.4. The fourth-order valence-electron chi connectivity index (χ4n) is 5.23. The predicted molar refractivity (Wildman–Crippen MR) is 131 cm³/mol. The first-order valence-corrected chi connectivity index (χ1v) is 12.5. The van der Waals surface area contributed by atoms with E-state index in [1.165, 1.54) is 19.3 Å². The van der Waals surface area contributed by atoms with E-state index in [4.69, 9.17) is 9.47 Å². The molecule has 184 valence electrons. The van der Waals surface area contributed by atoms with Gasteiger partial charge in [-0.1, -0.05) is 56.5 Å². The fraction of sp³-hybridized carbons (Fsp3) is 0.519. The highest BCUT2D eigenvalue weighted by atomic mass is 16.5. The fourth-order valence-corrected chi connectivity index (χ4v) is 5.23. The number of hydrogen-bond donors (Lipinski definition) is 3. The van der Waals surface area contributed by atoms with E-state index in [0.717, 1.165) is 36.3 Å². The van der Waals surface area contributed by atoms with Crippen LogP contribution in [0.4, 0.5) is 0 Å². The third-order valence-electron chi connectivity index (χ3n) is 6.92. The zero-order chi connectivity index (χ0) is 23.9. The molecular weight excluding hydrogens is 430 g/mol. The van der Waals surface area contributed by atoms with Crippen LogP contribution in [0, 0.1) is 5.92 Å². The van der Waals surface area contributed by atoms with E-state index >= 15 is 0 Å². The maximum Gasteiger partial charge on any atom is 0.242 e. The number of nitrogens with zero attached hydrogens (tertiary/aromatic N) is 1. The highest BCUT2D eigenvalue weighted by molar-refractivity contribution is 5.86. The number of carbonyl (C=O) groups is 1. The second kappa shape index (κ2) is 11.7. The topological polar surface area (TPSA) is 83.1 Å². The summed E-state index contributed by atoms with van der Waals surface area (Å²) in [5.41, 5.74) is 8.36. The molecule has 2 aromatic carbocycles. The SMILES string of the molecule is CCCCCCOc1ccc(C2C3C(NNC3c3ccccc3O)C(=O)N2CCCOC)cc1. The zero-order valence-electron chi connectivity index (χ0n) is 20.2. The molecule has 34 heavy (non-hydrogen) atoms. The van der Waals surface area contributed by atoms with Crippen LogP contribution in [-0.4, -0.2) is 48.8 Å². The number of para-hydroxylation sites is 1. The van der Waals surface area contributed by atoms with Crippen molar-refractivity contribution < 1.29 is 19.4 Å². The molecule has 1 amide bonds. The van der Waals surface area contributed by atoms with Crippen LogP contribution in [0.15, 0.2) is 48.5 Å². The molecule has 0 aromatic heterocycles. The Hall–Kier alpha value is -2.61. The summed E-state index contributed by atoms with van der Waals surface area (Å²) in [5.74, 6) is 1.10. The van der Waals surface area contributed by atoms with Crippen molar-refractivity contribution in [1.29, 1.82) is 0 Å². The molecule has 7 heteroatoms. The number of amides is 1. The minimum atomic E-state index is -0.355. The van der Waals surface area contributed by atoms with Gasteiger partial charge in [-0.25, -0.2) is 10.9 Å². The molecule has 0 spiro atoms. The standard InChI is InChI=1S/C27H37N3O4/c1-3-4-5-8-18-34-20-14-12-19(13-15-20)26-23-24(21-10-6-7-11-22(21)31)28-29-25(23)27(32)30(26)16-9-17-33-2/h6-7,10-15,23-26,28-29,31H,3-5,8-9,16-18H2,1-2H3. The molecule has 2 fully saturated rings. The van der Waals surface area contributed by atoms with E-state index < -0.39 is 0 Å². The number of rotatable bonds is 12. The molecule has 2 heterocycles. The molecule has 2 saturated heterocycles. The van der Waals surface area contributed by atoms with Crippen molar-refractivity contribution in [3.05, 3.63) is 59.7 Å². The highest BCUT2D eigenvalue weighted by Crippen LogP contribution is 2.48. The minimum absolute atomic E-state index is 0.0656. The van der Waals surface area contributed by atoms with Crippen LogP contribution in [0.3, 0.4) is 0 Å². The number of fused-ring (bicyclic) bond motifs is 1. The molecule has 0 radical (unpaired) electrons. The maximum atomic E-state index is 13.4. The smallest absolute Gasteiger partial charge is 0.242 e. The Balaban J connectivity index is 1.57. The van der Waals surface area contributed by atoms with Crippen molar-refractivity contribution >= 4 is 5.91 Å². The molecule has 0 aliphatic carbocycles. The molecule has 4 unspecified atom stereocenters. The summed E-state index contributed by atoms with van der Waals surface area (Å²) in [6.07, 6.45) is 5.46. The van der Waals surface area contributed by atoms with Crippen LogP contribution < -0.4 is 15.6 Å². The van der Waals surface area contributed by atoms with E-state index in [1.54, 1.807) is 13.2 Å². The summed E-state index contributed by atoms with van der Waals surface area (Å²) in [6, 6.07) is 14.8. The Morgan fingerprint density at radius 1 is 0.941 bits per heavy atom. The second-order valence-electron chi connectivity index (χ2n) is 9.18. The van der Waals surface area contributed by atoms with Gasteiger partial charge in [-0.05, 0) is 36.6 Å². The molecule has 2 aliphatic heterocycles. The van der Waals surface area contributed by atoms with Gasteiger partial charge in [0.25, 0.3) is 0 Å². The van der Waals surface area contributed by atoms with Crippen LogP contribution >= 0.6 is 0 Å². The number of ether oxygens (including phenoxy) is 2. The Kier molecular flexibility index (Phi) is 8.43. The number of hydrazine groups is 1. The predicted octanol–water partition coefficient (Wildman–Crippen LogP) is 4.11. The highest BCUT2D eigenvalue weighted by Gasteiger charge is 2.55. The number of benzene rings is 2. The van der Waals surface area contributed by atoms with Gasteiger partial charge in [0.1, 0.15) is 17.5 Å². The monoisotopic (exact) mass is 467 g/mol. The van der Waals surface area contributed by atoms with Gasteiger partial charge in [0, 0.05) is 31.7 Å². The van der Waals surface area contributed by atoms with Crippen LogP contribution in [0.5, 0.6) is 11.5 Å². The van der Waals surface area contributed by atoms with Crippen molar-refractivity contribution in [1.82, 2.24) is 15.8 Å². The lowest BCUT2D eigenvalue weighted by Crippen LogP contribution is -2.41. The summed E-state index contributed by atoms with van der Waals surface area (Å²) in [4.78, 5) is 15.4. The number of carbonyl (C=O) groups excluding carboxylic acids is 1. The number of unbranched alkanes of at least 4 members (excludes halogenated alkanes) is 3. The third kappa shape index (κ3) is 5.22. The lowest BCUT2D eigenvalue weighted by molar-refractivity contribution is -0.131. The van der Waals surface area contributed by atoms with Gasteiger partial charge >= 0.3 is 0 Å². The quantitative estimate of drug-likeness (QED) is 0.408. The van der Waals surface area contributed by atoms with Crippen LogP contribution in [0.25, 0.3) is 0 Å². The van der Waals surface area contributed by atoms with E-state index in [0.29, 0.717) is 13.2 Å². The summed E-state index contributed by atoms with van der Waals surface area (Å²) < 4.78 is 11.2. The molecule has 7 nitrogen and oxygen atoms in total. The summed E-state index contributed by atoms with van der Waals surface area (Å²) in [6.45, 7) is 4.15. The first kappa shape index (κ1) is 24.5. The number of methoxy groups -OCH3 is 1. The molecule has 2 aromatic rings.